The predicted molar refractivity (Wildman–Crippen MR) is 88.9 cm³/mol. The Morgan fingerprint density at radius 3 is 2.62 bits per heavy atom. The number of aliphatic hydroxyl groups is 2. The Bertz CT molecular complexity index is 645. The first-order chi connectivity index (χ1) is 11.3. The van der Waals surface area contributed by atoms with E-state index in [0.717, 1.165) is 38.5 Å². The molecule has 0 amide bonds. The molecule has 0 heterocycles. The first kappa shape index (κ1) is 14.7. The van der Waals surface area contributed by atoms with Gasteiger partial charge in [-0.15, -0.1) is 0 Å². The van der Waals surface area contributed by atoms with Crippen molar-refractivity contribution in [3.8, 4) is 0 Å². The van der Waals surface area contributed by atoms with Gasteiger partial charge < -0.3 is 10.2 Å². The van der Waals surface area contributed by atoms with Gasteiger partial charge in [-0.1, -0.05) is 13.8 Å². The van der Waals surface area contributed by atoms with Crippen LogP contribution < -0.4 is 0 Å². The maximum Gasteiger partial charge on any atom is 0.142 e. The van der Waals surface area contributed by atoms with Crippen LogP contribution in [0.3, 0.4) is 0 Å². The summed E-state index contributed by atoms with van der Waals surface area (Å²) in [5.74, 6) is 4.46. The fourth-order valence-corrected chi connectivity index (χ4v) is 8.83. The van der Waals surface area contributed by atoms with Crippen LogP contribution in [-0.2, 0) is 4.79 Å². The highest BCUT2D eigenvalue weighted by Crippen LogP contribution is 2.78. The number of hydrogen-bond acceptors (Lipinski definition) is 3. The molecule has 0 bridgehead atoms. The zero-order valence-electron chi connectivity index (χ0n) is 14.9. The van der Waals surface area contributed by atoms with Gasteiger partial charge in [-0.2, -0.15) is 0 Å². The van der Waals surface area contributed by atoms with E-state index in [-0.39, 0.29) is 16.9 Å². The number of ketones is 1. The van der Waals surface area contributed by atoms with Gasteiger partial charge in [-0.3, -0.25) is 4.79 Å². The Balaban J connectivity index is 1.45. The van der Waals surface area contributed by atoms with Gasteiger partial charge in [0.25, 0.3) is 0 Å². The summed E-state index contributed by atoms with van der Waals surface area (Å²) in [7, 11) is 0. The third-order valence-corrected chi connectivity index (χ3v) is 10.1. The SMILES string of the molecule is CC12CCC3C(C4CC4C4(O)CC(O)CCC34C)C1C1CC1C2=O. The first-order valence-corrected chi connectivity index (χ1v) is 10.3. The molecule has 24 heavy (non-hydrogen) atoms. The largest absolute Gasteiger partial charge is 0.393 e. The number of hydrogen-bond donors (Lipinski definition) is 2. The van der Waals surface area contributed by atoms with Crippen LogP contribution in [0.4, 0.5) is 0 Å². The molecule has 0 aromatic carbocycles. The van der Waals surface area contributed by atoms with Crippen LogP contribution in [-0.4, -0.2) is 27.7 Å². The highest BCUT2D eigenvalue weighted by molar-refractivity contribution is 5.92. The maximum atomic E-state index is 12.9. The summed E-state index contributed by atoms with van der Waals surface area (Å²) >= 11 is 0. The summed E-state index contributed by atoms with van der Waals surface area (Å²) in [5, 5.41) is 21.9. The zero-order chi connectivity index (χ0) is 16.6. The molecule has 2 N–H and O–H groups in total. The number of fused-ring (bicyclic) bond motifs is 10. The van der Waals surface area contributed by atoms with Gasteiger partial charge in [0.15, 0.2) is 0 Å². The molecule has 3 heteroatoms. The van der Waals surface area contributed by atoms with Crippen LogP contribution in [0.2, 0.25) is 0 Å². The third-order valence-electron chi connectivity index (χ3n) is 10.1. The molecule has 0 radical (unpaired) electrons. The van der Waals surface area contributed by atoms with Crippen molar-refractivity contribution >= 4 is 5.78 Å². The Morgan fingerprint density at radius 1 is 1.04 bits per heavy atom. The molecule has 0 aromatic heterocycles. The summed E-state index contributed by atoms with van der Waals surface area (Å²) in [6.45, 7) is 4.60. The van der Waals surface area contributed by atoms with Crippen molar-refractivity contribution in [1.82, 2.24) is 0 Å². The summed E-state index contributed by atoms with van der Waals surface area (Å²) < 4.78 is 0. The Hall–Kier alpha value is -0.410. The lowest BCUT2D eigenvalue weighted by atomic mass is 9.43. The molecule has 6 aliphatic rings. The molecular formula is C21H30O3. The molecule has 3 nitrogen and oxygen atoms in total. The van der Waals surface area contributed by atoms with Crippen LogP contribution in [0.15, 0.2) is 0 Å². The minimum absolute atomic E-state index is 0.0497. The molecule has 6 saturated carbocycles. The van der Waals surface area contributed by atoms with Crippen LogP contribution >= 0.6 is 0 Å². The molecule has 11 atom stereocenters. The molecule has 6 fully saturated rings. The van der Waals surface area contributed by atoms with Crippen LogP contribution in [0, 0.1) is 52.3 Å². The van der Waals surface area contributed by atoms with Gasteiger partial charge in [-0.25, -0.2) is 0 Å². The van der Waals surface area contributed by atoms with E-state index in [0.29, 0.717) is 53.6 Å². The Kier molecular flexibility index (Phi) is 2.43. The molecule has 6 aliphatic carbocycles. The second kappa shape index (κ2) is 3.96. The van der Waals surface area contributed by atoms with Crippen molar-refractivity contribution < 1.29 is 15.0 Å². The van der Waals surface area contributed by atoms with E-state index in [4.69, 9.17) is 0 Å². The second-order valence-corrected chi connectivity index (χ2v) is 10.8. The second-order valence-electron chi connectivity index (χ2n) is 10.8. The van der Waals surface area contributed by atoms with E-state index in [2.05, 4.69) is 13.8 Å². The smallest absolute Gasteiger partial charge is 0.142 e. The topological polar surface area (TPSA) is 57.5 Å². The summed E-state index contributed by atoms with van der Waals surface area (Å²) in [6, 6.07) is 0. The normalized spacial score (nSPS) is 69.1. The van der Waals surface area contributed by atoms with Crippen molar-refractivity contribution in [2.45, 2.75) is 70.5 Å². The molecular weight excluding hydrogens is 300 g/mol. The number of carbonyl (C=O) groups is 1. The van der Waals surface area contributed by atoms with E-state index in [9.17, 15) is 15.0 Å². The molecule has 0 spiro atoms. The summed E-state index contributed by atoms with van der Waals surface area (Å²) in [5.41, 5.74) is -0.760. The summed E-state index contributed by atoms with van der Waals surface area (Å²) in [4.78, 5) is 12.9. The zero-order valence-corrected chi connectivity index (χ0v) is 14.9. The minimum atomic E-state index is -0.657. The fraction of sp³-hybridized carbons (Fsp3) is 0.952. The average molecular weight is 330 g/mol. The number of rotatable bonds is 0. The van der Waals surface area contributed by atoms with Crippen molar-refractivity contribution in [2.75, 3.05) is 0 Å². The van der Waals surface area contributed by atoms with E-state index in [1.54, 1.807) is 0 Å². The number of Topliss-reactive ketones (excluding diaryl/α,β-unsaturated/α-hetero) is 1. The lowest BCUT2D eigenvalue weighted by Gasteiger charge is -2.63. The van der Waals surface area contributed by atoms with Crippen molar-refractivity contribution in [3.63, 3.8) is 0 Å². The number of aliphatic hydroxyl groups excluding tert-OH is 1. The van der Waals surface area contributed by atoms with E-state index < -0.39 is 5.60 Å². The third kappa shape index (κ3) is 1.37. The van der Waals surface area contributed by atoms with Crippen molar-refractivity contribution in [1.29, 1.82) is 0 Å². The van der Waals surface area contributed by atoms with Crippen LogP contribution in [0.25, 0.3) is 0 Å². The quantitative estimate of drug-likeness (QED) is 0.718. The molecule has 0 saturated heterocycles. The van der Waals surface area contributed by atoms with Crippen molar-refractivity contribution in [3.05, 3.63) is 0 Å². The Morgan fingerprint density at radius 2 is 1.83 bits per heavy atom. The van der Waals surface area contributed by atoms with E-state index in [1.807, 2.05) is 0 Å². The molecule has 0 aliphatic heterocycles. The predicted octanol–water partition coefficient (Wildman–Crippen LogP) is 2.79. The molecule has 11 unspecified atom stereocenters. The van der Waals surface area contributed by atoms with Crippen molar-refractivity contribution in [2.24, 2.45) is 52.3 Å². The van der Waals surface area contributed by atoms with Gasteiger partial charge in [0.1, 0.15) is 5.78 Å². The van der Waals surface area contributed by atoms with Gasteiger partial charge >= 0.3 is 0 Å². The van der Waals surface area contributed by atoms with E-state index in [1.165, 1.54) is 0 Å². The molecule has 6 rings (SSSR count). The highest BCUT2D eigenvalue weighted by Gasteiger charge is 2.78. The van der Waals surface area contributed by atoms with Gasteiger partial charge in [-0.05, 0) is 79.4 Å². The number of carbonyl (C=O) groups excluding carboxylic acids is 1. The Labute approximate surface area is 144 Å². The lowest BCUT2D eigenvalue weighted by Crippen LogP contribution is -2.64. The standard InChI is InChI=1S/C21H30O3/c1-19-5-4-14-16(17(19)11-7-12(11)18(19)23)13-8-15(13)21(24)9-10(22)3-6-20(14,21)2/h10-17,22,24H,3-9H2,1-2H3. The highest BCUT2D eigenvalue weighted by atomic mass is 16.3. The maximum absolute atomic E-state index is 12.9. The lowest BCUT2D eigenvalue weighted by molar-refractivity contribution is -0.225. The monoisotopic (exact) mass is 330 g/mol. The average Bonchev–Trinajstić information content (AvgIpc) is 3.41. The van der Waals surface area contributed by atoms with Gasteiger partial charge in [0.05, 0.1) is 11.7 Å². The molecule has 0 aromatic rings. The minimum Gasteiger partial charge on any atom is -0.393 e. The van der Waals surface area contributed by atoms with Gasteiger partial charge in [0, 0.05) is 17.8 Å². The summed E-state index contributed by atoms with van der Waals surface area (Å²) in [6.07, 6.45) is 6.50. The van der Waals surface area contributed by atoms with Gasteiger partial charge in [0.2, 0.25) is 0 Å². The fourth-order valence-electron chi connectivity index (χ4n) is 8.83. The van der Waals surface area contributed by atoms with Crippen LogP contribution in [0.1, 0.15) is 58.8 Å². The molecule has 132 valence electrons. The first-order valence-electron chi connectivity index (χ1n) is 10.3. The van der Waals surface area contributed by atoms with E-state index >= 15 is 0 Å². The van der Waals surface area contributed by atoms with Crippen LogP contribution in [0.5, 0.6) is 0 Å².